The van der Waals surface area contributed by atoms with E-state index in [-0.39, 0.29) is 12.3 Å². The third-order valence-corrected chi connectivity index (χ3v) is 3.20. The molecule has 0 spiro atoms. The first kappa shape index (κ1) is 15.1. The number of aryl methyl sites for hydroxylation is 2. The molecule has 0 aliphatic heterocycles. The molecule has 1 unspecified atom stereocenters. The van der Waals surface area contributed by atoms with Gasteiger partial charge in [0.2, 0.25) is 0 Å². The minimum Gasteiger partial charge on any atom is -0.464 e. The van der Waals surface area contributed by atoms with Gasteiger partial charge in [-0.25, -0.2) is 9.59 Å². The quantitative estimate of drug-likeness (QED) is 0.855. The predicted octanol–water partition coefficient (Wildman–Crippen LogP) is 1.08. The molecule has 2 aromatic rings. The van der Waals surface area contributed by atoms with Crippen LogP contribution in [0.5, 0.6) is 0 Å². The molecule has 1 aromatic heterocycles. The molecule has 0 fully saturated rings. The van der Waals surface area contributed by atoms with Crippen molar-refractivity contribution in [3.63, 3.8) is 0 Å². The molecule has 1 heterocycles. The Morgan fingerprint density at radius 2 is 1.95 bits per heavy atom. The molecule has 1 aromatic carbocycles. The highest BCUT2D eigenvalue weighted by atomic mass is 16.5. The van der Waals surface area contributed by atoms with Gasteiger partial charge < -0.3 is 14.4 Å². The van der Waals surface area contributed by atoms with Crippen LogP contribution >= 0.6 is 0 Å². The summed E-state index contributed by atoms with van der Waals surface area (Å²) in [6.07, 6.45) is 0.427. The van der Waals surface area contributed by atoms with Crippen LogP contribution in [0.3, 0.4) is 0 Å². The Bertz CT molecular complexity index is 697. The molecule has 6 nitrogen and oxygen atoms in total. The average Bonchev–Trinajstić information content (AvgIpc) is 2.72. The number of hydrogen-bond donors (Lipinski definition) is 1. The molecule has 0 aliphatic rings. The molecule has 0 saturated heterocycles. The number of aliphatic hydroxyl groups excluding tert-OH is 1. The zero-order chi connectivity index (χ0) is 15.6. The summed E-state index contributed by atoms with van der Waals surface area (Å²) >= 11 is 0. The zero-order valence-corrected chi connectivity index (χ0v) is 12.2. The molecule has 0 bridgehead atoms. The van der Waals surface area contributed by atoms with E-state index >= 15 is 0 Å². The summed E-state index contributed by atoms with van der Waals surface area (Å²) in [5.41, 5.74) is 1.77. The maximum Gasteiger partial charge on any atom is 0.339 e. The molecular formula is C15H18N2O4. The number of imidazole rings is 1. The Morgan fingerprint density at radius 1 is 1.33 bits per heavy atom. The van der Waals surface area contributed by atoms with E-state index in [0.29, 0.717) is 11.3 Å². The first-order valence-corrected chi connectivity index (χ1v) is 6.65. The minimum atomic E-state index is -1.31. The fraction of sp³-hybridized carbons (Fsp3) is 0.333. The smallest absolute Gasteiger partial charge is 0.339 e. The highest BCUT2D eigenvalue weighted by molar-refractivity contribution is 5.76. The highest BCUT2D eigenvalue weighted by Crippen LogP contribution is 2.17. The lowest BCUT2D eigenvalue weighted by Gasteiger charge is -2.11. The number of rotatable bonds is 4. The van der Waals surface area contributed by atoms with Crippen molar-refractivity contribution >= 4 is 5.97 Å². The molecule has 6 heteroatoms. The molecular weight excluding hydrogens is 272 g/mol. The third kappa shape index (κ3) is 2.90. The maximum absolute atomic E-state index is 12.0. The van der Waals surface area contributed by atoms with Crippen LogP contribution in [-0.4, -0.2) is 26.8 Å². The monoisotopic (exact) mass is 290 g/mol. The molecule has 21 heavy (non-hydrogen) atoms. The van der Waals surface area contributed by atoms with Gasteiger partial charge in [-0.2, -0.15) is 0 Å². The molecule has 0 saturated carbocycles. The van der Waals surface area contributed by atoms with E-state index in [0.717, 1.165) is 5.69 Å². The highest BCUT2D eigenvalue weighted by Gasteiger charge is 2.18. The summed E-state index contributed by atoms with van der Waals surface area (Å²) in [5.74, 6) is -0.682. The minimum absolute atomic E-state index is 0.147. The van der Waals surface area contributed by atoms with Crippen LogP contribution < -0.4 is 5.69 Å². The standard InChI is InChI=1S/C15H18N2O4/c1-4-21-14(19)13(18)11-5-7-12(8-6-11)17-10(2)9-16(3)15(17)20/h5-9,13,18H,4H2,1-3H3. The van der Waals surface area contributed by atoms with Crippen molar-refractivity contribution in [2.45, 2.75) is 20.0 Å². The van der Waals surface area contributed by atoms with Crippen LogP contribution in [0.25, 0.3) is 5.69 Å². The van der Waals surface area contributed by atoms with Crippen molar-refractivity contribution in [3.8, 4) is 5.69 Å². The zero-order valence-electron chi connectivity index (χ0n) is 12.2. The van der Waals surface area contributed by atoms with Gasteiger partial charge >= 0.3 is 11.7 Å². The SMILES string of the molecule is CCOC(=O)C(O)c1ccc(-n2c(C)cn(C)c2=O)cc1. The largest absolute Gasteiger partial charge is 0.464 e. The number of nitrogens with zero attached hydrogens (tertiary/aromatic N) is 2. The Kier molecular flexibility index (Phi) is 4.28. The van der Waals surface area contributed by atoms with E-state index in [4.69, 9.17) is 4.74 Å². The van der Waals surface area contributed by atoms with Crippen molar-refractivity contribution in [1.29, 1.82) is 0 Å². The number of carbonyl (C=O) groups excluding carboxylic acids is 1. The maximum atomic E-state index is 12.0. The van der Waals surface area contributed by atoms with Gasteiger partial charge in [0.25, 0.3) is 0 Å². The normalized spacial score (nSPS) is 12.2. The predicted molar refractivity (Wildman–Crippen MR) is 77.3 cm³/mol. The average molecular weight is 290 g/mol. The summed E-state index contributed by atoms with van der Waals surface area (Å²) in [7, 11) is 1.69. The molecule has 0 amide bonds. The van der Waals surface area contributed by atoms with Crippen LogP contribution in [0.4, 0.5) is 0 Å². The molecule has 1 atom stereocenters. The number of aliphatic hydroxyl groups is 1. The van der Waals surface area contributed by atoms with Crippen LogP contribution in [-0.2, 0) is 16.6 Å². The Hall–Kier alpha value is -2.34. The third-order valence-electron chi connectivity index (χ3n) is 3.20. The number of benzene rings is 1. The van der Waals surface area contributed by atoms with Crippen LogP contribution in [0, 0.1) is 6.92 Å². The fourth-order valence-electron chi connectivity index (χ4n) is 2.18. The van der Waals surface area contributed by atoms with Crippen LogP contribution in [0.15, 0.2) is 35.3 Å². The summed E-state index contributed by atoms with van der Waals surface area (Å²) in [6.45, 7) is 3.73. The lowest BCUT2D eigenvalue weighted by molar-refractivity contribution is -0.153. The van der Waals surface area contributed by atoms with Crippen molar-refractivity contribution in [3.05, 3.63) is 52.2 Å². The lowest BCUT2D eigenvalue weighted by Crippen LogP contribution is -2.21. The van der Waals surface area contributed by atoms with Crippen molar-refractivity contribution < 1.29 is 14.6 Å². The number of aromatic nitrogens is 2. The Morgan fingerprint density at radius 3 is 2.43 bits per heavy atom. The number of carbonyl (C=O) groups is 1. The van der Waals surface area contributed by atoms with E-state index in [1.54, 1.807) is 49.0 Å². The first-order chi connectivity index (χ1) is 9.95. The molecule has 112 valence electrons. The number of hydrogen-bond acceptors (Lipinski definition) is 4. The van der Waals surface area contributed by atoms with Gasteiger partial charge in [0.1, 0.15) is 0 Å². The van der Waals surface area contributed by atoms with Crippen LogP contribution in [0.2, 0.25) is 0 Å². The molecule has 0 radical (unpaired) electrons. The van der Waals surface area contributed by atoms with Gasteiger partial charge in [0.05, 0.1) is 12.3 Å². The van der Waals surface area contributed by atoms with Crippen LogP contribution in [0.1, 0.15) is 24.3 Å². The van der Waals surface area contributed by atoms with Crippen molar-refractivity contribution in [1.82, 2.24) is 9.13 Å². The van der Waals surface area contributed by atoms with Gasteiger partial charge in [-0.1, -0.05) is 12.1 Å². The van der Waals surface area contributed by atoms with Gasteiger partial charge in [-0.05, 0) is 31.5 Å². The van der Waals surface area contributed by atoms with Gasteiger partial charge in [0.15, 0.2) is 6.10 Å². The molecule has 2 rings (SSSR count). The van der Waals surface area contributed by atoms with Gasteiger partial charge in [0, 0.05) is 18.9 Å². The first-order valence-electron chi connectivity index (χ1n) is 6.65. The second-order valence-corrected chi connectivity index (χ2v) is 4.75. The molecule has 1 N–H and O–H groups in total. The van der Waals surface area contributed by atoms with Gasteiger partial charge in [-0.15, -0.1) is 0 Å². The summed E-state index contributed by atoms with van der Waals surface area (Å²) < 4.78 is 7.82. The summed E-state index contributed by atoms with van der Waals surface area (Å²) in [5, 5.41) is 9.85. The van der Waals surface area contributed by atoms with E-state index in [1.807, 2.05) is 6.92 Å². The van der Waals surface area contributed by atoms with Crippen molar-refractivity contribution in [2.75, 3.05) is 6.61 Å². The number of ether oxygens (including phenoxy) is 1. The second-order valence-electron chi connectivity index (χ2n) is 4.75. The molecule has 0 aliphatic carbocycles. The van der Waals surface area contributed by atoms with E-state index in [9.17, 15) is 14.7 Å². The Labute approximate surface area is 122 Å². The van der Waals surface area contributed by atoms with E-state index < -0.39 is 12.1 Å². The van der Waals surface area contributed by atoms with Gasteiger partial charge in [-0.3, -0.25) is 4.57 Å². The topological polar surface area (TPSA) is 73.5 Å². The summed E-state index contributed by atoms with van der Waals surface area (Å²) in [6, 6.07) is 6.59. The van der Waals surface area contributed by atoms with E-state index in [2.05, 4.69) is 0 Å². The lowest BCUT2D eigenvalue weighted by atomic mass is 10.1. The Balaban J connectivity index is 2.31. The summed E-state index contributed by atoms with van der Waals surface area (Å²) in [4.78, 5) is 23.5. The van der Waals surface area contributed by atoms with Crippen molar-refractivity contribution in [2.24, 2.45) is 7.05 Å². The van der Waals surface area contributed by atoms with E-state index in [1.165, 1.54) is 4.57 Å². The fourth-order valence-corrected chi connectivity index (χ4v) is 2.18. The number of esters is 1. The second kappa shape index (κ2) is 5.97.